The highest BCUT2D eigenvalue weighted by Gasteiger charge is 2.08. The lowest BCUT2D eigenvalue weighted by atomic mass is 10.0. The molecule has 0 heterocycles. The third-order valence-corrected chi connectivity index (χ3v) is 3.66. The number of methoxy groups -OCH3 is 2. The van der Waals surface area contributed by atoms with Crippen molar-refractivity contribution >= 4 is 5.91 Å². The smallest absolute Gasteiger partial charge is 0.217 e. The van der Waals surface area contributed by atoms with Crippen molar-refractivity contribution in [1.82, 2.24) is 5.32 Å². The maximum absolute atomic E-state index is 11.1. The van der Waals surface area contributed by atoms with Crippen molar-refractivity contribution in [2.45, 2.75) is 26.3 Å². The molecule has 0 radical (unpaired) electrons. The molecule has 2 rings (SSSR count). The normalized spacial score (nSPS) is 11.7. The lowest BCUT2D eigenvalue weighted by Gasteiger charge is -2.13. The lowest BCUT2D eigenvalue weighted by Crippen LogP contribution is -2.31. The predicted octanol–water partition coefficient (Wildman–Crippen LogP) is 3.44. The fraction of sp³-hybridized carbons (Fsp3) is 0.316. The van der Waals surface area contributed by atoms with E-state index < -0.39 is 0 Å². The summed E-state index contributed by atoms with van der Waals surface area (Å²) in [5.41, 5.74) is 3.38. The van der Waals surface area contributed by atoms with Crippen molar-refractivity contribution in [3.05, 3.63) is 48.0 Å². The average Bonchev–Trinajstić information content (AvgIpc) is 2.54. The maximum atomic E-state index is 11.1. The Labute approximate surface area is 137 Å². The molecule has 0 aliphatic carbocycles. The molecule has 1 N–H and O–H groups in total. The molecule has 2 aromatic carbocycles. The van der Waals surface area contributed by atoms with Crippen LogP contribution in [0.2, 0.25) is 0 Å². The van der Waals surface area contributed by atoms with Crippen LogP contribution in [0.25, 0.3) is 11.1 Å². The molecule has 1 amide bonds. The van der Waals surface area contributed by atoms with Crippen molar-refractivity contribution in [1.29, 1.82) is 0 Å². The number of amides is 1. The average molecular weight is 313 g/mol. The summed E-state index contributed by atoms with van der Waals surface area (Å²) in [6, 6.07) is 14.3. The standard InChI is InChI=1S/C19H23NO3/c1-13(20-14(2)21)11-15-5-7-16(8-6-15)17-9-10-18(22-3)19(12-17)23-4/h5-10,12-13H,11H2,1-4H3,(H,20,21). The van der Waals surface area contributed by atoms with Crippen molar-refractivity contribution in [3.8, 4) is 22.6 Å². The summed E-state index contributed by atoms with van der Waals surface area (Å²) in [7, 11) is 3.26. The maximum Gasteiger partial charge on any atom is 0.217 e. The second-order valence-electron chi connectivity index (χ2n) is 5.57. The van der Waals surface area contributed by atoms with Crippen molar-refractivity contribution in [2.24, 2.45) is 0 Å². The summed E-state index contributed by atoms with van der Waals surface area (Å²) < 4.78 is 10.6. The molecule has 0 spiro atoms. The van der Waals surface area contributed by atoms with Crippen LogP contribution in [0.4, 0.5) is 0 Å². The Morgan fingerprint density at radius 2 is 1.61 bits per heavy atom. The molecular weight excluding hydrogens is 290 g/mol. The molecule has 2 aromatic rings. The van der Waals surface area contributed by atoms with Crippen LogP contribution in [0.5, 0.6) is 11.5 Å². The third kappa shape index (κ3) is 4.49. The summed E-state index contributed by atoms with van der Waals surface area (Å²) in [6.07, 6.45) is 0.811. The molecule has 122 valence electrons. The minimum Gasteiger partial charge on any atom is -0.493 e. The van der Waals surface area contributed by atoms with Crippen LogP contribution in [-0.2, 0) is 11.2 Å². The number of benzene rings is 2. The summed E-state index contributed by atoms with van der Waals surface area (Å²) in [5, 5.41) is 2.90. The van der Waals surface area contributed by atoms with E-state index in [0.717, 1.165) is 23.3 Å². The highest BCUT2D eigenvalue weighted by Crippen LogP contribution is 2.32. The van der Waals surface area contributed by atoms with E-state index in [1.165, 1.54) is 12.5 Å². The molecule has 4 nitrogen and oxygen atoms in total. The van der Waals surface area contributed by atoms with E-state index >= 15 is 0 Å². The summed E-state index contributed by atoms with van der Waals surface area (Å²) in [6.45, 7) is 3.54. The molecular formula is C19H23NO3. The number of carbonyl (C=O) groups is 1. The van der Waals surface area contributed by atoms with Gasteiger partial charge in [0.1, 0.15) is 0 Å². The second kappa shape index (κ2) is 7.68. The van der Waals surface area contributed by atoms with E-state index in [1.807, 2.05) is 25.1 Å². The quantitative estimate of drug-likeness (QED) is 0.888. The Morgan fingerprint density at radius 1 is 1.00 bits per heavy atom. The first-order valence-electron chi connectivity index (χ1n) is 7.62. The van der Waals surface area contributed by atoms with Crippen molar-refractivity contribution < 1.29 is 14.3 Å². The minimum atomic E-state index is -0.000511. The molecule has 0 fully saturated rings. The van der Waals surface area contributed by atoms with Gasteiger partial charge in [-0.15, -0.1) is 0 Å². The third-order valence-electron chi connectivity index (χ3n) is 3.66. The Bertz CT molecular complexity index is 665. The Hall–Kier alpha value is -2.49. The molecule has 23 heavy (non-hydrogen) atoms. The lowest BCUT2D eigenvalue weighted by molar-refractivity contribution is -0.119. The van der Waals surface area contributed by atoms with Crippen LogP contribution in [0.1, 0.15) is 19.4 Å². The van der Waals surface area contributed by atoms with Crippen LogP contribution >= 0.6 is 0 Å². The second-order valence-corrected chi connectivity index (χ2v) is 5.57. The molecule has 0 bridgehead atoms. The predicted molar refractivity (Wildman–Crippen MR) is 92.0 cm³/mol. The van der Waals surface area contributed by atoms with Gasteiger partial charge >= 0.3 is 0 Å². The van der Waals surface area contributed by atoms with Crippen LogP contribution in [-0.4, -0.2) is 26.2 Å². The SMILES string of the molecule is COc1ccc(-c2ccc(CC(C)NC(C)=O)cc2)cc1OC. The van der Waals surface area contributed by atoms with Gasteiger partial charge < -0.3 is 14.8 Å². The van der Waals surface area contributed by atoms with E-state index in [1.54, 1.807) is 14.2 Å². The molecule has 0 aliphatic heterocycles. The van der Waals surface area contributed by atoms with Gasteiger partial charge in [0.05, 0.1) is 14.2 Å². The minimum absolute atomic E-state index is 0.000511. The molecule has 0 aromatic heterocycles. The van der Waals surface area contributed by atoms with Crippen molar-refractivity contribution in [2.75, 3.05) is 14.2 Å². The molecule has 4 heteroatoms. The zero-order valence-corrected chi connectivity index (χ0v) is 14.1. The highest BCUT2D eigenvalue weighted by atomic mass is 16.5. The topological polar surface area (TPSA) is 47.6 Å². The fourth-order valence-electron chi connectivity index (χ4n) is 2.60. The zero-order valence-electron chi connectivity index (χ0n) is 14.1. The Morgan fingerprint density at radius 3 is 2.17 bits per heavy atom. The highest BCUT2D eigenvalue weighted by molar-refractivity contribution is 5.73. The summed E-state index contributed by atoms with van der Waals surface area (Å²) >= 11 is 0. The van der Waals surface area contributed by atoms with Gasteiger partial charge in [-0.3, -0.25) is 4.79 Å². The van der Waals surface area contributed by atoms with Crippen LogP contribution in [0.15, 0.2) is 42.5 Å². The van der Waals surface area contributed by atoms with Gasteiger partial charge in [0.15, 0.2) is 11.5 Å². The van der Waals surface area contributed by atoms with E-state index in [-0.39, 0.29) is 11.9 Å². The van der Waals surface area contributed by atoms with Crippen LogP contribution < -0.4 is 14.8 Å². The van der Waals surface area contributed by atoms with Crippen molar-refractivity contribution in [3.63, 3.8) is 0 Å². The number of rotatable bonds is 6. The Kier molecular flexibility index (Phi) is 5.63. The van der Waals surface area contributed by atoms with Gasteiger partial charge in [0.25, 0.3) is 0 Å². The monoisotopic (exact) mass is 313 g/mol. The number of hydrogen-bond donors (Lipinski definition) is 1. The molecule has 1 unspecified atom stereocenters. The first-order chi connectivity index (χ1) is 11.0. The summed E-state index contributed by atoms with van der Waals surface area (Å²) in [4.78, 5) is 11.1. The summed E-state index contributed by atoms with van der Waals surface area (Å²) in [5.74, 6) is 1.44. The van der Waals surface area contributed by atoms with Crippen LogP contribution in [0, 0.1) is 0 Å². The van der Waals surface area contributed by atoms with E-state index in [4.69, 9.17) is 9.47 Å². The van der Waals surface area contributed by atoms with Gasteiger partial charge in [-0.25, -0.2) is 0 Å². The first-order valence-corrected chi connectivity index (χ1v) is 7.62. The van der Waals surface area contributed by atoms with Gasteiger partial charge in [0.2, 0.25) is 5.91 Å². The largest absolute Gasteiger partial charge is 0.493 e. The zero-order chi connectivity index (χ0) is 16.8. The van der Waals surface area contributed by atoms with Gasteiger partial charge in [0, 0.05) is 13.0 Å². The fourth-order valence-corrected chi connectivity index (χ4v) is 2.60. The van der Waals surface area contributed by atoms with Gasteiger partial charge in [-0.05, 0) is 42.2 Å². The molecule has 0 saturated carbocycles. The van der Waals surface area contributed by atoms with E-state index in [0.29, 0.717) is 5.75 Å². The van der Waals surface area contributed by atoms with E-state index in [2.05, 4.69) is 29.6 Å². The number of ether oxygens (including phenoxy) is 2. The van der Waals surface area contributed by atoms with E-state index in [9.17, 15) is 4.79 Å². The first kappa shape index (κ1) is 16.9. The van der Waals surface area contributed by atoms with Gasteiger partial charge in [-0.1, -0.05) is 30.3 Å². The molecule has 1 atom stereocenters. The Balaban J connectivity index is 2.14. The van der Waals surface area contributed by atoms with Crippen LogP contribution in [0.3, 0.4) is 0 Å². The number of carbonyl (C=O) groups excluding carboxylic acids is 1. The molecule has 0 saturated heterocycles. The van der Waals surface area contributed by atoms with Gasteiger partial charge in [-0.2, -0.15) is 0 Å². The molecule has 0 aliphatic rings. The number of nitrogens with one attached hydrogen (secondary N) is 1. The number of hydrogen-bond acceptors (Lipinski definition) is 3.